The lowest BCUT2D eigenvalue weighted by Gasteiger charge is -2.08. The monoisotopic (exact) mass is 286 g/mol. The van der Waals surface area contributed by atoms with Crippen LogP contribution in [0.2, 0.25) is 9.36 Å². The fourth-order valence-electron chi connectivity index (χ4n) is 1.28. The molecule has 0 aliphatic heterocycles. The van der Waals surface area contributed by atoms with Gasteiger partial charge in [-0.3, -0.25) is 4.79 Å². The van der Waals surface area contributed by atoms with Crippen LogP contribution in [-0.4, -0.2) is 5.91 Å². The van der Waals surface area contributed by atoms with Crippen LogP contribution in [-0.2, 0) is 0 Å². The van der Waals surface area contributed by atoms with Crippen molar-refractivity contribution in [1.82, 2.24) is 0 Å². The molecule has 0 fully saturated rings. The average molecular weight is 287 g/mol. The number of para-hydroxylation sites is 1. The van der Waals surface area contributed by atoms with Crippen molar-refractivity contribution in [2.45, 2.75) is 0 Å². The van der Waals surface area contributed by atoms with Crippen molar-refractivity contribution in [2.24, 2.45) is 0 Å². The van der Waals surface area contributed by atoms with Gasteiger partial charge in [0.2, 0.25) is 0 Å². The molecule has 2 rings (SSSR count). The van der Waals surface area contributed by atoms with Crippen molar-refractivity contribution in [2.75, 3.05) is 11.1 Å². The molecule has 0 saturated carbocycles. The summed E-state index contributed by atoms with van der Waals surface area (Å²) in [6.07, 6.45) is 0. The largest absolute Gasteiger partial charge is 0.397 e. The molecule has 0 aliphatic rings. The molecule has 0 atom stereocenters. The third-order valence-electron chi connectivity index (χ3n) is 2.08. The van der Waals surface area contributed by atoms with Crippen LogP contribution in [0.3, 0.4) is 0 Å². The Morgan fingerprint density at radius 1 is 1.24 bits per heavy atom. The number of rotatable bonds is 2. The van der Waals surface area contributed by atoms with Gasteiger partial charge in [-0.1, -0.05) is 29.3 Å². The van der Waals surface area contributed by atoms with Crippen LogP contribution in [0.15, 0.2) is 30.3 Å². The molecule has 2 aromatic rings. The normalized spacial score (nSPS) is 10.2. The average Bonchev–Trinajstić information content (AvgIpc) is 2.70. The van der Waals surface area contributed by atoms with E-state index in [1.165, 1.54) is 11.3 Å². The zero-order valence-electron chi connectivity index (χ0n) is 8.54. The summed E-state index contributed by atoms with van der Waals surface area (Å²) < 4.78 is 0.558. The topological polar surface area (TPSA) is 55.1 Å². The summed E-state index contributed by atoms with van der Waals surface area (Å²) in [6.45, 7) is 0. The maximum atomic E-state index is 11.9. The molecule has 1 aromatic carbocycles. The summed E-state index contributed by atoms with van der Waals surface area (Å²) in [5.41, 5.74) is 6.58. The molecular weight excluding hydrogens is 279 g/mol. The third kappa shape index (κ3) is 2.72. The van der Waals surface area contributed by atoms with Gasteiger partial charge in [-0.15, -0.1) is 11.3 Å². The highest BCUT2D eigenvalue weighted by Crippen LogP contribution is 2.29. The molecular formula is C11H8Cl2N2OS. The van der Waals surface area contributed by atoms with E-state index in [2.05, 4.69) is 5.32 Å². The first-order chi connectivity index (χ1) is 8.08. The lowest BCUT2D eigenvalue weighted by atomic mass is 10.2. The van der Waals surface area contributed by atoms with E-state index in [0.717, 1.165) is 0 Å². The van der Waals surface area contributed by atoms with E-state index in [1.54, 1.807) is 30.3 Å². The second-order valence-corrected chi connectivity index (χ2v) is 5.38. The van der Waals surface area contributed by atoms with E-state index in [4.69, 9.17) is 28.9 Å². The Morgan fingerprint density at radius 2 is 2.00 bits per heavy atom. The molecule has 1 aromatic heterocycles. The van der Waals surface area contributed by atoms with Gasteiger partial charge in [0, 0.05) is 0 Å². The van der Waals surface area contributed by atoms with E-state index in [-0.39, 0.29) is 5.91 Å². The molecule has 0 saturated heterocycles. The first kappa shape index (κ1) is 12.2. The molecule has 1 amide bonds. The Bertz CT molecular complexity index is 548. The molecule has 0 spiro atoms. The fraction of sp³-hybridized carbons (Fsp3) is 0. The van der Waals surface area contributed by atoms with Crippen molar-refractivity contribution < 1.29 is 4.79 Å². The van der Waals surface area contributed by atoms with E-state index >= 15 is 0 Å². The van der Waals surface area contributed by atoms with Crippen LogP contribution < -0.4 is 11.1 Å². The van der Waals surface area contributed by atoms with E-state index in [9.17, 15) is 4.79 Å². The van der Waals surface area contributed by atoms with Gasteiger partial charge >= 0.3 is 0 Å². The number of amides is 1. The minimum atomic E-state index is -0.276. The van der Waals surface area contributed by atoms with Crippen LogP contribution in [0, 0.1) is 0 Å². The first-order valence-corrected chi connectivity index (χ1v) is 6.26. The van der Waals surface area contributed by atoms with Crippen LogP contribution >= 0.6 is 34.5 Å². The zero-order chi connectivity index (χ0) is 12.4. The van der Waals surface area contributed by atoms with Gasteiger partial charge in [0.05, 0.1) is 25.6 Å². The van der Waals surface area contributed by atoms with Crippen molar-refractivity contribution in [3.63, 3.8) is 0 Å². The van der Waals surface area contributed by atoms with Gasteiger partial charge in [0.25, 0.3) is 5.91 Å². The Kier molecular flexibility index (Phi) is 3.57. The highest BCUT2D eigenvalue weighted by atomic mass is 35.5. The van der Waals surface area contributed by atoms with E-state index in [1.807, 2.05) is 0 Å². The SMILES string of the molecule is Nc1cccc(Cl)c1NC(=O)c1ccc(Cl)s1. The molecule has 17 heavy (non-hydrogen) atoms. The van der Waals surface area contributed by atoms with Gasteiger partial charge in [-0.05, 0) is 24.3 Å². The minimum Gasteiger partial charge on any atom is -0.397 e. The lowest BCUT2D eigenvalue weighted by molar-refractivity contribution is 0.103. The summed E-state index contributed by atoms with van der Waals surface area (Å²) in [7, 11) is 0. The van der Waals surface area contributed by atoms with Crippen molar-refractivity contribution in [1.29, 1.82) is 0 Å². The number of hydrogen-bond donors (Lipinski definition) is 2. The summed E-state index contributed by atoms with van der Waals surface area (Å²) in [5, 5.41) is 3.07. The number of hydrogen-bond acceptors (Lipinski definition) is 3. The zero-order valence-corrected chi connectivity index (χ0v) is 10.9. The molecule has 88 valence electrons. The van der Waals surface area contributed by atoms with Gasteiger partial charge in [-0.25, -0.2) is 0 Å². The first-order valence-electron chi connectivity index (χ1n) is 4.68. The van der Waals surface area contributed by atoms with Crippen LogP contribution in [0.4, 0.5) is 11.4 Å². The van der Waals surface area contributed by atoms with Crippen LogP contribution in [0.1, 0.15) is 9.67 Å². The van der Waals surface area contributed by atoms with Crippen molar-refractivity contribution >= 4 is 51.8 Å². The summed E-state index contributed by atoms with van der Waals surface area (Å²) in [6, 6.07) is 8.36. The van der Waals surface area contributed by atoms with Crippen molar-refractivity contribution in [3.05, 3.63) is 44.6 Å². The molecule has 0 radical (unpaired) electrons. The molecule has 3 nitrogen and oxygen atoms in total. The second kappa shape index (κ2) is 4.96. The number of carbonyl (C=O) groups is 1. The highest BCUT2D eigenvalue weighted by molar-refractivity contribution is 7.18. The van der Waals surface area contributed by atoms with Crippen LogP contribution in [0.25, 0.3) is 0 Å². The standard InChI is InChI=1S/C11H8Cl2N2OS/c12-6-2-1-3-7(14)10(6)15-11(16)8-4-5-9(13)17-8/h1-5H,14H2,(H,15,16). The molecule has 1 heterocycles. The Balaban J connectivity index is 2.24. The minimum absolute atomic E-state index is 0.276. The number of anilines is 2. The number of thiophene rings is 1. The van der Waals surface area contributed by atoms with E-state index < -0.39 is 0 Å². The second-order valence-electron chi connectivity index (χ2n) is 3.26. The Morgan fingerprint density at radius 3 is 2.59 bits per heavy atom. The van der Waals surface area contributed by atoms with E-state index in [0.29, 0.717) is 25.6 Å². The van der Waals surface area contributed by atoms with Gasteiger partial charge < -0.3 is 11.1 Å². The maximum Gasteiger partial charge on any atom is 0.265 e. The number of nitrogens with two attached hydrogens (primary N) is 1. The molecule has 0 bridgehead atoms. The summed E-state index contributed by atoms with van der Waals surface area (Å²) in [4.78, 5) is 12.4. The lowest BCUT2D eigenvalue weighted by Crippen LogP contribution is -2.12. The van der Waals surface area contributed by atoms with Gasteiger partial charge in [-0.2, -0.15) is 0 Å². The predicted octanol–water partition coefficient (Wildman–Crippen LogP) is 3.89. The van der Waals surface area contributed by atoms with Gasteiger partial charge in [0.1, 0.15) is 0 Å². The number of nitrogens with one attached hydrogen (secondary N) is 1. The Labute approximate surface area is 112 Å². The molecule has 0 aliphatic carbocycles. The molecule has 0 unspecified atom stereocenters. The Hall–Kier alpha value is -1.23. The number of carbonyl (C=O) groups excluding carboxylic acids is 1. The number of halogens is 2. The maximum absolute atomic E-state index is 11.9. The van der Waals surface area contributed by atoms with Crippen molar-refractivity contribution in [3.8, 4) is 0 Å². The number of nitrogen functional groups attached to an aromatic ring is 1. The quantitative estimate of drug-likeness (QED) is 0.823. The van der Waals surface area contributed by atoms with Gasteiger partial charge in [0.15, 0.2) is 0 Å². The molecule has 3 N–H and O–H groups in total. The molecule has 6 heteroatoms. The fourth-order valence-corrected chi connectivity index (χ4v) is 2.45. The predicted molar refractivity (Wildman–Crippen MR) is 73.1 cm³/mol. The number of benzene rings is 1. The highest BCUT2D eigenvalue weighted by Gasteiger charge is 2.12. The summed E-state index contributed by atoms with van der Waals surface area (Å²) in [5.74, 6) is -0.276. The third-order valence-corrected chi connectivity index (χ3v) is 3.63. The summed E-state index contributed by atoms with van der Waals surface area (Å²) >= 11 is 12.9. The smallest absolute Gasteiger partial charge is 0.265 e. The van der Waals surface area contributed by atoms with Crippen LogP contribution in [0.5, 0.6) is 0 Å².